The van der Waals surface area contributed by atoms with Gasteiger partial charge in [0, 0.05) is 0 Å². The fraction of sp³-hybridized carbons (Fsp3) is 0.667. The van der Waals surface area contributed by atoms with Crippen molar-refractivity contribution in [2.24, 2.45) is 0 Å². The zero-order valence-corrected chi connectivity index (χ0v) is 5.63. The molecule has 0 aliphatic heterocycles. The highest BCUT2D eigenvalue weighted by Crippen LogP contribution is 1.98. The summed E-state index contributed by atoms with van der Waals surface area (Å²) in [6.45, 7) is 4.82. The number of carbonyl (C=O) groups is 1. The molecule has 53 valence electrons. The Hall–Kier alpha value is -0.570. The van der Waals surface area contributed by atoms with E-state index in [1.165, 1.54) is 6.61 Å². The Labute approximate surface area is 54.6 Å². The quantitative estimate of drug-likeness (QED) is 0.620. The van der Waals surface area contributed by atoms with Gasteiger partial charge in [0.1, 0.15) is 0 Å². The van der Waals surface area contributed by atoms with Gasteiger partial charge in [-0.2, -0.15) is 0 Å². The van der Waals surface area contributed by atoms with Gasteiger partial charge in [0.2, 0.25) is 0 Å². The van der Waals surface area contributed by atoms with E-state index in [1.54, 1.807) is 13.8 Å². The van der Waals surface area contributed by atoms with Crippen LogP contribution >= 0.6 is 0 Å². The zero-order valence-electron chi connectivity index (χ0n) is 5.63. The summed E-state index contributed by atoms with van der Waals surface area (Å²) in [5.74, 6) is -0.907. The number of hydrogen-bond acceptors (Lipinski definition) is 2. The van der Waals surface area contributed by atoms with Gasteiger partial charge in [-0.25, -0.2) is 4.79 Å². The van der Waals surface area contributed by atoms with Crippen LogP contribution in [0.5, 0.6) is 0 Å². The van der Waals surface area contributed by atoms with Gasteiger partial charge in [-0.05, 0) is 13.3 Å². The molecule has 0 aliphatic carbocycles. The van der Waals surface area contributed by atoms with E-state index in [1.807, 2.05) is 0 Å². The third kappa shape index (κ3) is 3.08. The summed E-state index contributed by atoms with van der Waals surface area (Å²) in [6.07, 6.45) is -0.172. The van der Waals surface area contributed by atoms with Crippen LogP contribution in [0.1, 0.15) is 20.3 Å². The van der Waals surface area contributed by atoms with Crippen LogP contribution in [0.3, 0.4) is 0 Å². The fourth-order valence-corrected chi connectivity index (χ4v) is 0.493. The number of rotatable bonds is 4. The number of carboxylic acids is 1. The fourth-order valence-electron chi connectivity index (χ4n) is 0.493. The predicted octanol–water partition coefficient (Wildman–Crippen LogP) is 1.05. The first kappa shape index (κ1) is 8.43. The summed E-state index contributed by atoms with van der Waals surface area (Å²) in [6, 6.07) is 0. The van der Waals surface area contributed by atoms with E-state index < -0.39 is 12.1 Å². The number of aliphatic carboxylic acids is 1. The normalized spacial score (nSPS) is 13.1. The van der Waals surface area contributed by atoms with E-state index in [2.05, 4.69) is 0 Å². The van der Waals surface area contributed by atoms with E-state index in [9.17, 15) is 4.79 Å². The van der Waals surface area contributed by atoms with Crippen LogP contribution in [0.15, 0.2) is 0 Å². The van der Waals surface area contributed by atoms with E-state index in [0.29, 0.717) is 6.42 Å². The summed E-state index contributed by atoms with van der Waals surface area (Å²) < 4.78 is 4.73. The maximum absolute atomic E-state index is 10.2. The molecule has 0 aromatic heterocycles. The van der Waals surface area contributed by atoms with Crippen LogP contribution in [0, 0.1) is 6.61 Å². The van der Waals surface area contributed by atoms with Gasteiger partial charge >= 0.3 is 5.97 Å². The molecule has 1 radical (unpaired) electrons. The summed E-state index contributed by atoms with van der Waals surface area (Å²) in [4.78, 5) is 10.2. The molecule has 1 N–H and O–H groups in total. The summed E-state index contributed by atoms with van der Waals surface area (Å²) in [5.41, 5.74) is 0. The van der Waals surface area contributed by atoms with Crippen molar-refractivity contribution in [2.45, 2.75) is 26.4 Å². The van der Waals surface area contributed by atoms with Crippen LogP contribution in [0.2, 0.25) is 0 Å². The van der Waals surface area contributed by atoms with Crippen LogP contribution in [-0.4, -0.2) is 17.2 Å². The van der Waals surface area contributed by atoms with E-state index in [0.717, 1.165) is 0 Å². The predicted molar refractivity (Wildman–Crippen MR) is 32.8 cm³/mol. The molecule has 0 saturated carbocycles. The van der Waals surface area contributed by atoms with Crippen molar-refractivity contribution in [3.63, 3.8) is 0 Å². The van der Waals surface area contributed by atoms with Gasteiger partial charge in [-0.1, -0.05) is 6.92 Å². The molecular weight excluding hydrogens is 120 g/mol. The van der Waals surface area contributed by atoms with Crippen molar-refractivity contribution in [3.8, 4) is 0 Å². The Morgan fingerprint density at radius 1 is 1.89 bits per heavy atom. The SMILES string of the molecule is C[CH]OC(CC)C(=O)O. The molecule has 3 heteroatoms. The van der Waals surface area contributed by atoms with Crippen molar-refractivity contribution in [2.75, 3.05) is 0 Å². The smallest absolute Gasteiger partial charge is 0.332 e. The lowest BCUT2D eigenvalue weighted by Crippen LogP contribution is -2.21. The number of ether oxygens (including phenoxy) is 1. The Kier molecular flexibility index (Phi) is 4.05. The molecule has 1 unspecified atom stereocenters. The van der Waals surface area contributed by atoms with E-state index in [4.69, 9.17) is 9.84 Å². The molecule has 0 amide bonds. The molecule has 0 aromatic rings. The number of hydrogen-bond donors (Lipinski definition) is 1. The highest BCUT2D eigenvalue weighted by atomic mass is 16.5. The first-order valence-corrected chi connectivity index (χ1v) is 2.88. The maximum Gasteiger partial charge on any atom is 0.332 e. The monoisotopic (exact) mass is 131 g/mol. The maximum atomic E-state index is 10.2. The Morgan fingerprint density at radius 3 is 2.56 bits per heavy atom. The van der Waals surface area contributed by atoms with Crippen LogP contribution in [-0.2, 0) is 9.53 Å². The van der Waals surface area contributed by atoms with Gasteiger partial charge in [-0.15, -0.1) is 0 Å². The summed E-state index contributed by atoms with van der Waals surface area (Å²) >= 11 is 0. The second kappa shape index (κ2) is 4.32. The molecule has 0 rings (SSSR count). The molecule has 0 heterocycles. The van der Waals surface area contributed by atoms with Crippen molar-refractivity contribution < 1.29 is 14.6 Å². The van der Waals surface area contributed by atoms with E-state index >= 15 is 0 Å². The van der Waals surface area contributed by atoms with Crippen molar-refractivity contribution >= 4 is 5.97 Å². The van der Waals surface area contributed by atoms with Crippen LogP contribution < -0.4 is 0 Å². The second-order valence-electron chi connectivity index (χ2n) is 1.61. The average Bonchev–Trinajstić information content (AvgIpc) is 1.82. The van der Waals surface area contributed by atoms with Gasteiger partial charge in [0.15, 0.2) is 6.10 Å². The van der Waals surface area contributed by atoms with Crippen molar-refractivity contribution in [3.05, 3.63) is 6.61 Å². The first-order chi connectivity index (χ1) is 4.22. The topological polar surface area (TPSA) is 46.5 Å². The average molecular weight is 131 g/mol. The minimum Gasteiger partial charge on any atom is -0.479 e. The lowest BCUT2D eigenvalue weighted by molar-refractivity contribution is -0.148. The highest BCUT2D eigenvalue weighted by molar-refractivity contribution is 5.72. The van der Waals surface area contributed by atoms with Crippen LogP contribution in [0.4, 0.5) is 0 Å². The minimum absolute atomic E-state index is 0.500. The third-order valence-electron chi connectivity index (χ3n) is 0.947. The molecule has 0 saturated heterocycles. The molecule has 0 aromatic carbocycles. The molecule has 0 aliphatic rings. The lowest BCUT2D eigenvalue weighted by Gasteiger charge is -2.07. The molecule has 9 heavy (non-hydrogen) atoms. The minimum atomic E-state index is -0.907. The summed E-state index contributed by atoms with van der Waals surface area (Å²) in [5, 5.41) is 8.36. The Balaban J connectivity index is 3.54. The van der Waals surface area contributed by atoms with Crippen molar-refractivity contribution in [1.29, 1.82) is 0 Å². The van der Waals surface area contributed by atoms with Crippen LogP contribution in [0.25, 0.3) is 0 Å². The second-order valence-corrected chi connectivity index (χ2v) is 1.61. The van der Waals surface area contributed by atoms with Crippen molar-refractivity contribution in [1.82, 2.24) is 0 Å². The lowest BCUT2D eigenvalue weighted by atomic mass is 10.3. The van der Waals surface area contributed by atoms with Gasteiger partial charge in [0.05, 0.1) is 6.61 Å². The first-order valence-electron chi connectivity index (χ1n) is 2.88. The molecular formula is C6H11O3. The standard InChI is InChI=1S/C6H11O3/c1-3-5(6(7)8)9-4-2/h4-5H,3H2,1-2H3,(H,7,8). The summed E-state index contributed by atoms with van der Waals surface area (Å²) in [7, 11) is 0. The van der Waals surface area contributed by atoms with Gasteiger partial charge in [-0.3, -0.25) is 0 Å². The molecule has 0 fully saturated rings. The molecule has 0 bridgehead atoms. The Morgan fingerprint density at radius 2 is 2.44 bits per heavy atom. The third-order valence-corrected chi connectivity index (χ3v) is 0.947. The Bertz CT molecular complexity index is 90.3. The largest absolute Gasteiger partial charge is 0.479 e. The zero-order chi connectivity index (χ0) is 7.28. The highest BCUT2D eigenvalue weighted by Gasteiger charge is 2.13. The van der Waals surface area contributed by atoms with E-state index in [-0.39, 0.29) is 0 Å². The number of carboxylic acid groups (broad SMARTS) is 1. The van der Waals surface area contributed by atoms with Gasteiger partial charge in [0.25, 0.3) is 0 Å². The molecule has 1 atom stereocenters. The van der Waals surface area contributed by atoms with Gasteiger partial charge < -0.3 is 9.84 Å². The molecule has 3 nitrogen and oxygen atoms in total. The molecule has 0 spiro atoms.